The van der Waals surface area contributed by atoms with E-state index in [0.29, 0.717) is 23.6 Å². The molecule has 1 amide bonds. The summed E-state index contributed by atoms with van der Waals surface area (Å²) in [5.41, 5.74) is 0.838. The first-order valence-electron chi connectivity index (χ1n) is 8.33. The Kier molecular flexibility index (Phi) is 6.93. The minimum atomic E-state index is -0.374. The van der Waals surface area contributed by atoms with E-state index >= 15 is 0 Å². The van der Waals surface area contributed by atoms with E-state index in [4.69, 9.17) is 4.52 Å². The van der Waals surface area contributed by atoms with Crippen molar-refractivity contribution in [3.63, 3.8) is 0 Å². The Labute approximate surface area is 141 Å². The molecule has 1 aromatic heterocycles. The summed E-state index contributed by atoms with van der Waals surface area (Å²) in [4.78, 5) is 14.2. The number of aromatic nitrogens is 1. The molecule has 24 heavy (non-hydrogen) atoms. The van der Waals surface area contributed by atoms with E-state index in [0.717, 1.165) is 26.1 Å². The molecule has 2 aromatic rings. The Morgan fingerprint density at radius 2 is 2.04 bits per heavy atom. The van der Waals surface area contributed by atoms with Gasteiger partial charge in [-0.2, -0.15) is 0 Å². The average Bonchev–Trinajstić information content (AvgIpc) is 3.03. The van der Waals surface area contributed by atoms with Crippen molar-refractivity contribution < 1.29 is 13.7 Å². The zero-order chi connectivity index (χ0) is 17.4. The van der Waals surface area contributed by atoms with Crippen LogP contribution in [0.4, 0.5) is 4.39 Å². The molecule has 2 rings (SSSR count). The lowest BCUT2D eigenvalue weighted by molar-refractivity contribution is -0.120. The van der Waals surface area contributed by atoms with Crippen molar-refractivity contribution >= 4 is 5.91 Å². The van der Waals surface area contributed by atoms with Gasteiger partial charge in [0.15, 0.2) is 5.76 Å². The first-order chi connectivity index (χ1) is 11.6. The van der Waals surface area contributed by atoms with Crippen LogP contribution in [0.1, 0.15) is 26.0 Å². The standard InChI is InChI=1S/C18H24FN3O2/c1-3-22(4-2)11-7-10-20-18(23)13-14-12-17(24-21-14)15-8-5-6-9-16(15)19/h5-6,8-9,12H,3-4,7,10-11,13H2,1-2H3,(H,20,23). The number of hydrogen-bond donors (Lipinski definition) is 1. The average molecular weight is 333 g/mol. The van der Waals surface area contributed by atoms with Crippen LogP contribution in [-0.4, -0.2) is 42.1 Å². The molecule has 0 aliphatic carbocycles. The summed E-state index contributed by atoms with van der Waals surface area (Å²) in [7, 11) is 0. The van der Waals surface area contributed by atoms with Gasteiger partial charge in [0, 0.05) is 12.6 Å². The Hall–Kier alpha value is -2.21. The smallest absolute Gasteiger partial charge is 0.226 e. The summed E-state index contributed by atoms with van der Waals surface area (Å²) in [6.45, 7) is 7.88. The number of nitrogens with one attached hydrogen (secondary N) is 1. The number of nitrogens with zero attached hydrogens (tertiary/aromatic N) is 2. The van der Waals surface area contributed by atoms with Crippen molar-refractivity contribution in [2.24, 2.45) is 0 Å². The minimum Gasteiger partial charge on any atom is -0.356 e. The summed E-state index contributed by atoms with van der Waals surface area (Å²) in [6.07, 6.45) is 1.04. The fraction of sp³-hybridized carbons (Fsp3) is 0.444. The molecule has 0 unspecified atom stereocenters. The van der Waals surface area contributed by atoms with Gasteiger partial charge >= 0.3 is 0 Å². The van der Waals surface area contributed by atoms with Crippen LogP contribution in [0.2, 0.25) is 0 Å². The fourth-order valence-electron chi connectivity index (χ4n) is 2.48. The molecule has 6 heteroatoms. The second-order valence-electron chi connectivity index (χ2n) is 5.57. The third kappa shape index (κ3) is 5.16. The SMILES string of the molecule is CCN(CC)CCCNC(=O)Cc1cc(-c2ccccc2F)on1. The number of halogens is 1. The van der Waals surface area contributed by atoms with Crippen molar-refractivity contribution in [3.05, 3.63) is 41.8 Å². The van der Waals surface area contributed by atoms with Crippen molar-refractivity contribution in [3.8, 4) is 11.3 Å². The second kappa shape index (κ2) is 9.17. The molecule has 1 heterocycles. The van der Waals surface area contributed by atoms with Crippen molar-refractivity contribution in [2.75, 3.05) is 26.2 Å². The lowest BCUT2D eigenvalue weighted by Crippen LogP contribution is -2.30. The van der Waals surface area contributed by atoms with E-state index in [1.54, 1.807) is 24.3 Å². The van der Waals surface area contributed by atoms with Gasteiger partial charge in [0.2, 0.25) is 5.91 Å². The molecule has 0 saturated heterocycles. The van der Waals surface area contributed by atoms with Crippen LogP contribution < -0.4 is 5.32 Å². The molecular formula is C18H24FN3O2. The van der Waals surface area contributed by atoms with Crippen LogP contribution in [0.15, 0.2) is 34.9 Å². The van der Waals surface area contributed by atoms with Crippen LogP contribution in [-0.2, 0) is 11.2 Å². The Bertz CT molecular complexity index is 653. The number of carbonyl (C=O) groups excluding carboxylic acids is 1. The molecule has 0 saturated carbocycles. The molecule has 1 N–H and O–H groups in total. The molecule has 1 aromatic carbocycles. The molecule has 0 spiro atoms. The lowest BCUT2D eigenvalue weighted by Gasteiger charge is -2.17. The summed E-state index contributed by atoms with van der Waals surface area (Å²) in [5, 5.41) is 6.72. The Morgan fingerprint density at radius 1 is 1.29 bits per heavy atom. The number of carbonyl (C=O) groups is 1. The van der Waals surface area contributed by atoms with Gasteiger partial charge in [0.1, 0.15) is 5.82 Å². The maximum absolute atomic E-state index is 13.7. The van der Waals surface area contributed by atoms with E-state index in [1.165, 1.54) is 6.07 Å². The number of hydrogen-bond acceptors (Lipinski definition) is 4. The maximum atomic E-state index is 13.7. The highest BCUT2D eigenvalue weighted by molar-refractivity contribution is 5.78. The predicted molar refractivity (Wildman–Crippen MR) is 91.0 cm³/mol. The highest BCUT2D eigenvalue weighted by atomic mass is 19.1. The highest BCUT2D eigenvalue weighted by Gasteiger charge is 2.13. The topological polar surface area (TPSA) is 58.4 Å². The van der Waals surface area contributed by atoms with Crippen molar-refractivity contribution in [2.45, 2.75) is 26.7 Å². The molecule has 0 fully saturated rings. The summed E-state index contributed by atoms with van der Waals surface area (Å²) >= 11 is 0. The van der Waals surface area contributed by atoms with Crippen molar-refractivity contribution in [1.29, 1.82) is 0 Å². The molecule has 0 bridgehead atoms. The van der Waals surface area contributed by atoms with Crippen LogP contribution in [0.25, 0.3) is 11.3 Å². The normalized spacial score (nSPS) is 11.0. The lowest BCUT2D eigenvalue weighted by atomic mass is 10.1. The van der Waals surface area contributed by atoms with E-state index in [1.807, 2.05) is 0 Å². The Balaban J connectivity index is 1.80. The van der Waals surface area contributed by atoms with E-state index in [-0.39, 0.29) is 18.1 Å². The van der Waals surface area contributed by atoms with E-state index < -0.39 is 0 Å². The molecule has 0 radical (unpaired) electrons. The third-order valence-electron chi connectivity index (χ3n) is 3.91. The molecule has 130 valence electrons. The minimum absolute atomic E-state index is 0.108. The molecular weight excluding hydrogens is 309 g/mol. The van der Waals surface area contributed by atoms with Gasteiger partial charge in [0.05, 0.1) is 17.7 Å². The largest absolute Gasteiger partial charge is 0.356 e. The number of benzene rings is 1. The van der Waals surface area contributed by atoms with Crippen LogP contribution >= 0.6 is 0 Å². The first-order valence-corrected chi connectivity index (χ1v) is 8.33. The second-order valence-corrected chi connectivity index (χ2v) is 5.57. The van der Waals surface area contributed by atoms with Crippen molar-refractivity contribution in [1.82, 2.24) is 15.4 Å². The maximum Gasteiger partial charge on any atom is 0.226 e. The zero-order valence-corrected chi connectivity index (χ0v) is 14.2. The summed E-state index contributed by atoms with van der Waals surface area (Å²) in [5.74, 6) is -0.151. The first kappa shape index (κ1) is 18.1. The molecule has 0 aliphatic rings. The summed E-state index contributed by atoms with van der Waals surface area (Å²) < 4.78 is 18.8. The molecule has 5 nitrogen and oxygen atoms in total. The zero-order valence-electron chi connectivity index (χ0n) is 14.2. The number of rotatable bonds is 9. The van der Waals surface area contributed by atoms with Gasteiger partial charge < -0.3 is 14.7 Å². The highest BCUT2D eigenvalue weighted by Crippen LogP contribution is 2.23. The van der Waals surface area contributed by atoms with Gasteiger partial charge in [-0.1, -0.05) is 31.1 Å². The van der Waals surface area contributed by atoms with Gasteiger partial charge in [-0.05, 0) is 38.2 Å². The van der Waals surface area contributed by atoms with Gasteiger partial charge in [-0.15, -0.1) is 0 Å². The van der Waals surface area contributed by atoms with E-state index in [9.17, 15) is 9.18 Å². The fourth-order valence-corrected chi connectivity index (χ4v) is 2.48. The van der Waals surface area contributed by atoms with Crippen LogP contribution in [0.3, 0.4) is 0 Å². The van der Waals surface area contributed by atoms with Gasteiger partial charge in [-0.3, -0.25) is 4.79 Å². The third-order valence-corrected chi connectivity index (χ3v) is 3.91. The monoisotopic (exact) mass is 333 g/mol. The van der Waals surface area contributed by atoms with Crippen LogP contribution in [0.5, 0.6) is 0 Å². The van der Waals surface area contributed by atoms with E-state index in [2.05, 4.69) is 29.2 Å². The Morgan fingerprint density at radius 3 is 2.75 bits per heavy atom. The van der Waals surface area contributed by atoms with Gasteiger partial charge in [0.25, 0.3) is 0 Å². The van der Waals surface area contributed by atoms with Crippen LogP contribution in [0, 0.1) is 5.82 Å². The number of amides is 1. The summed E-state index contributed by atoms with van der Waals surface area (Å²) in [6, 6.07) is 7.92. The van der Waals surface area contributed by atoms with Gasteiger partial charge in [-0.25, -0.2) is 4.39 Å². The molecule has 0 aliphatic heterocycles. The quantitative estimate of drug-likeness (QED) is 0.717. The predicted octanol–water partition coefficient (Wildman–Crippen LogP) is 2.87. The molecule has 0 atom stereocenters.